The van der Waals surface area contributed by atoms with E-state index in [0.29, 0.717) is 0 Å². The van der Waals surface area contributed by atoms with E-state index in [1.807, 2.05) is 6.07 Å². The third-order valence-electron chi connectivity index (χ3n) is 12.0. The Labute approximate surface area is 341 Å². The quantitative estimate of drug-likeness (QED) is 0.169. The molecular formula is C56H36N2O. The summed E-state index contributed by atoms with van der Waals surface area (Å²) in [6.45, 7) is 0. The van der Waals surface area contributed by atoms with Crippen LogP contribution >= 0.6 is 0 Å². The first kappa shape index (κ1) is 33.3. The minimum atomic E-state index is 0.906. The molecule has 59 heavy (non-hydrogen) atoms. The fourth-order valence-electron chi connectivity index (χ4n) is 9.32. The topological polar surface area (TPSA) is 21.3 Å². The van der Waals surface area contributed by atoms with E-state index >= 15 is 0 Å². The number of hydrogen-bond acceptors (Lipinski definition) is 2. The van der Waals surface area contributed by atoms with E-state index in [0.717, 1.165) is 66.6 Å². The summed E-state index contributed by atoms with van der Waals surface area (Å²) < 4.78 is 8.91. The maximum Gasteiger partial charge on any atom is 0.143 e. The van der Waals surface area contributed by atoms with E-state index in [2.05, 4.69) is 222 Å². The molecule has 0 atom stereocenters. The SMILES string of the molecule is c1ccc(N(c2ccc(-c3cccc4ccccc34)cc2)c2ccc(-n3c4ccccc4c4ccccc43)cc2)c(-c2cccc3c2ccc2c4ccccc4oc32)c1. The molecule has 0 fully saturated rings. The van der Waals surface area contributed by atoms with Gasteiger partial charge in [0.1, 0.15) is 11.2 Å². The highest BCUT2D eigenvalue weighted by atomic mass is 16.3. The standard InChI is InChI=1S/C56H36N2O/c1-2-15-42-37(13-1)14-11-20-43(42)38-27-29-39(30-28-38)57(40-31-33-41(34-32-40)58-53-24-8-4-17-47(53)48-18-5-9-25-54(48)58)52-23-7-3-16-46(52)44-21-12-22-50-45(44)35-36-51-49-19-6-10-26-55(49)59-56(50)51/h1-36H. The highest BCUT2D eigenvalue weighted by molar-refractivity contribution is 6.18. The van der Waals surface area contributed by atoms with E-state index in [1.165, 1.54) is 43.7 Å². The molecule has 0 saturated carbocycles. The summed E-state index contributed by atoms with van der Waals surface area (Å²) in [5, 5.41) is 9.52. The fourth-order valence-corrected chi connectivity index (χ4v) is 9.32. The molecule has 12 rings (SSSR count). The van der Waals surface area contributed by atoms with Gasteiger partial charge in [-0.05, 0) is 99.6 Å². The number of benzene rings is 10. The van der Waals surface area contributed by atoms with E-state index in [-0.39, 0.29) is 0 Å². The Kier molecular flexibility index (Phi) is 7.54. The van der Waals surface area contributed by atoms with Gasteiger partial charge in [-0.2, -0.15) is 0 Å². The van der Waals surface area contributed by atoms with Gasteiger partial charge in [0, 0.05) is 49.6 Å². The first-order valence-electron chi connectivity index (χ1n) is 20.2. The molecule has 0 amide bonds. The van der Waals surface area contributed by atoms with Crippen molar-refractivity contribution in [3.8, 4) is 27.9 Å². The van der Waals surface area contributed by atoms with Gasteiger partial charge >= 0.3 is 0 Å². The number of hydrogen-bond donors (Lipinski definition) is 0. The lowest BCUT2D eigenvalue weighted by molar-refractivity contribution is 0.672. The van der Waals surface area contributed by atoms with Crippen LogP contribution < -0.4 is 4.90 Å². The normalized spacial score (nSPS) is 11.7. The number of anilines is 3. The Morgan fingerprint density at radius 3 is 1.64 bits per heavy atom. The summed E-state index contributed by atoms with van der Waals surface area (Å²) in [5.74, 6) is 0. The van der Waals surface area contributed by atoms with Crippen molar-refractivity contribution in [2.45, 2.75) is 0 Å². The summed E-state index contributed by atoms with van der Waals surface area (Å²) >= 11 is 0. The maximum atomic E-state index is 6.53. The van der Waals surface area contributed by atoms with Crippen LogP contribution in [0.15, 0.2) is 223 Å². The molecule has 2 heterocycles. The third kappa shape index (κ3) is 5.29. The molecule has 0 aliphatic carbocycles. The molecule has 12 aromatic rings. The summed E-state index contributed by atoms with van der Waals surface area (Å²) in [7, 11) is 0. The highest BCUT2D eigenvalue weighted by Crippen LogP contribution is 2.45. The molecule has 0 radical (unpaired) electrons. The first-order valence-corrected chi connectivity index (χ1v) is 20.2. The van der Waals surface area contributed by atoms with Gasteiger partial charge in [0.05, 0.1) is 16.7 Å². The van der Waals surface area contributed by atoms with Crippen LogP contribution in [0.5, 0.6) is 0 Å². The second-order valence-electron chi connectivity index (χ2n) is 15.3. The van der Waals surface area contributed by atoms with Crippen LogP contribution in [0.2, 0.25) is 0 Å². The molecule has 276 valence electrons. The Hall–Kier alpha value is -7.88. The zero-order valence-electron chi connectivity index (χ0n) is 32.1. The lowest BCUT2D eigenvalue weighted by atomic mass is 9.94. The number of rotatable bonds is 6. The second-order valence-corrected chi connectivity index (χ2v) is 15.3. The molecule has 0 spiro atoms. The average Bonchev–Trinajstić information content (AvgIpc) is 3.86. The van der Waals surface area contributed by atoms with Crippen LogP contribution in [0.25, 0.3) is 93.2 Å². The molecule has 10 aromatic carbocycles. The van der Waals surface area contributed by atoms with E-state index in [1.54, 1.807) is 0 Å². The van der Waals surface area contributed by atoms with Crippen molar-refractivity contribution in [3.63, 3.8) is 0 Å². The Balaban J connectivity index is 1.04. The summed E-state index contributed by atoms with van der Waals surface area (Å²) in [6.07, 6.45) is 0. The lowest BCUT2D eigenvalue weighted by Crippen LogP contribution is -2.11. The minimum Gasteiger partial charge on any atom is -0.455 e. The van der Waals surface area contributed by atoms with Crippen LogP contribution in [0.1, 0.15) is 0 Å². The predicted octanol–water partition coefficient (Wildman–Crippen LogP) is 15.8. The van der Waals surface area contributed by atoms with Gasteiger partial charge in [-0.1, -0.05) is 152 Å². The van der Waals surface area contributed by atoms with Crippen molar-refractivity contribution in [1.29, 1.82) is 0 Å². The van der Waals surface area contributed by atoms with Crippen molar-refractivity contribution in [2.75, 3.05) is 4.90 Å². The maximum absolute atomic E-state index is 6.53. The Morgan fingerprint density at radius 2 is 0.864 bits per heavy atom. The predicted molar refractivity (Wildman–Crippen MR) is 249 cm³/mol. The minimum absolute atomic E-state index is 0.906. The molecule has 0 aliphatic rings. The number of furan rings is 1. The van der Waals surface area contributed by atoms with Crippen molar-refractivity contribution in [2.24, 2.45) is 0 Å². The fraction of sp³-hybridized carbons (Fsp3) is 0. The summed E-state index contributed by atoms with van der Waals surface area (Å²) in [6, 6.07) is 78.7. The third-order valence-corrected chi connectivity index (χ3v) is 12.0. The van der Waals surface area contributed by atoms with Crippen LogP contribution in [-0.4, -0.2) is 4.57 Å². The van der Waals surface area contributed by atoms with Gasteiger partial charge in [0.2, 0.25) is 0 Å². The van der Waals surface area contributed by atoms with Gasteiger partial charge in [0.15, 0.2) is 0 Å². The van der Waals surface area contributed by atoms with Crippen molar-refractivity contribution < 1.29 is 4.42 Å². The zero-order chi connectivity index (χ0) is 38.9. The molecular weight excluding hydrogens is 717 g/mol. The monoisotopic (exact) mass is 752 g/mol. The number of fused-ring (bicyclic) bond motifs is 9. The van der Waals surface area contributed by atoms with Crippen molar-refractivity contribution >= 4 is 82.4 Å². The van der Waals surface area contributed by atoms with Gasteiger partial charge in [-0.15, -0.1) is 0 Å². The van der Waals surface area contributed by atoms with Crippen molar-refractivity contribution in [3.05, 3.63) is 218 Å². The highest BCUT2D eigenvalue weighted by Gasteiger charge is 2.21. The molecule has 2 aromatic heterocycles. The first-order chi connectivity index (χ1) is 29.3. The van der Waals surface area contributed by atoms with Crippen LogP contribution in [0.3, 0.4) is 0 Å². The van der Waals surface area contributed by atoms with E-state index < -0.39 is 0 Å². The van der Waals surface area contributed by atoms with Gasteiger partial charge in [0.25, 0.3) is 0 Å². The van der Waals surface area contributed by atoms with Gasteiger partial charge in [-0.25, -0.2) is 0 Å². The van der Waals surface area contributed by atoms with Gasteiger partial charge < -0.3 is 13.9 Å². The number of nitrogens with zero attached hydrogens (tertiary/aromatic N) is 2. The zero-order valence-corrected chi connectivity index (χ0v) is 32.1. The van der Waals surface area contributed by atoms with Crippen LogP contribution in [-0.2, 0) is 0 Å². The van der Waals surface area contributed by atoms with E-state index in [9.17, 15) is 0 Å². The lowest BCUT2D eigenvalue weighted by Gasteiger charge is -2.28. The molecule has 0 bridgehead atoms. The van der Waals surface area contributed by atoms with Crippen molar-refractivity contribution in [1.82, 2.24) is 4.57 Å². The molecule has 0 saturated heterocycles. The molecule has 0 N–H and O–H groups in total. The Morgan fingerprint density at radius 1 is 0.339 bits per heavy atom. The summed E-state index contributed by atoms with van der Waals surface area (Å²) in [4.78, 5) is 2.40. The van der Waals surface area contributed by atoms with Crippen LogP contribution in [0.4, 0.5) is 17.1 Å². The van der Waals surface area contributed by atoms with Gasteiger partial charge in [-0.3, -0.25) is 0 Å². The van der Waals surface area contributed by atoms with E-state index in [4.69, 9.17) is 4.42 Å². The summed E-state index contributed by atoms with van der Waals surface area (Å²) in [5.41, 5.74) is 13.3. The molecule has 3 heteroatoms. The largest absolute Gasteiger partial charge is 0.455 e. The smallest absolute Gasteiger partial charge is 0.143 e. The average molecular weight is 753 g/mol. The Bertz CT molecular complexity index is 3500. The second kappa shape index (κ2) is 13.4. The number of para-hydroxylation sites is 4. The number of aromatic nitrogens is 1. The molecule has 3 nitrogen and oxygen atoms in total. The molecule has 0 aliphatic heterocycles. The van der Waals surface area contributed by atoms with Crippen LogP contribution in [0, 0.1) is 0 Å². The molecule has 0 unspecified atom stereocenters.